The van der Waals surface area contributed by atoms with Crippen LogP contribution in [0.4, 0.5) is 0 Å². The Bertz CT molecular complexity index is 1310. The van der Waals surface area contributed by atoms with E-state index in [1.165, 1.54) is 6.92 Å². The molecule has 0 aliphatic heterocycles. The number of rotatable bonds is 6. The summed E-state index contributed by atoms with van der Waals surface area (Å²) < 4.78 is 2.25. The highest BCUT2D eigenvalue weighted by Gasteiger charge is 2.31. The van der Waals surface area contributed by atoms with Gasteiger partial charge in [0.1, 0.15) is 0 Å². The van der Waals surface area contributed by atoms with E-state index < -0.39 is 11.4 Å². The maximum atomic E-state index is 13.4. The fourth-order valence-electron chi connectivity index (χ4n) is 4.43. The van der Waals surface area contributed by atoms with Crippen LogP contribution >= 0.6 is 0 Å². The van der Waals surface area contributed by atoms with Crippen molar-refractivity contribution in [2.24, 2.45) is 10.6 Å². The van der Waals surface area contributed by atoms with Gasteiger partial charge in [-0.2, -0.15) is 0 Å². The molecule has 5 nitrogen and oxygen atoms in total. The number of benzene rings is 2. The van der Waals surface area contributed by atoms with Crippen LogP contribution in [-0.2, 0) is 16.2 Å². The van der Waals surface area contributed by atoms with E-state index in [0.717, 1.165) is 33.9 Å². The lowest BCUT2D eigenvalue weighted by molar-refractivity contribution is -0.140. The molecular weight excluding hydrogens is 400 g/mol. The van der Waals surface area contributed by atoms with Crippen molar-refractivity contribution >= 4 is 39.3 Å². The van der Waals surface area contributed by atoms with Crippen molar-refractivity contribution in [2.45, 2.75) is 47.1 Å². The van der Waals surface area contributed by atoms with Crippen LogP contribution in [0.5, 0.6) is 0 Å². The van der Waals surface area contributed by atoms with Gasteiger partial charge in [0.05, 0.1) is 11.1 Å². The zero-order valence-corrected chi connectivity index (χ0v) is 19.0. The number of hydrogen-bond donors (Lipinski definition) is 0. The lowest BCUT2D eigenvalue weighted by atomic mass is 9.77. The standard InChI is InChI=1S/C27H28N2O3/c1-5-23(28-32-18(3)30)19-10-12-24-21(16-19)22-17-20(11-13-25(22)29(24)6-2)26(31)27(4)14-8-7-9-15-27/h7-14,16-17H,5-6,15H2,1-4H3. The molecule has 3 aromatic rings. The molecule has 1 unspecified atom stereocenters. The lowest BCUT2D eigenvalue weighted by Gasteiger charge is -2.24. The number of Topliss-reactive ketones (excluding diaryl/α,β-unsaturated/α-hetero) is 1. The molecule has 164 valence electrons. The number of carbonyl (C=O) groups excluding carboxylic acids is 2. The Balaban J connectivity index is 1.87. The summed E-state index contributed by atoms with van der Waals surface area (Å²) in [6.07, 6.45) is 9.30. The molecule has 0 amide bonds. The van der Waals surface area contributed by atoms with E-state index in [1.807, 2.05) is 62.4 Å². The Morgan fingerprint density at radius 3 is 2.25 bits per heavy atom. The molecule has 0 fully saturated rings. The minimum Gasteiger partial charge on any atom is -0.341 e. The SMILES string of the molecule is CCC(=NOC(C)=O)c1ccc2c(c1)c1cc(C(=O)C3(C)C=CC=CC3)ccc1n2CC. The third kappa shape index (κ3) is 3.79. The predicted molar refractivity (Wildman–Crippen MR) is 129 cm³/mol. The minimum atomic E-state index is -0.525. The molecule has 5 heteroatoms. The zero-order chi connectivity index (χ0) is 22.9. The Labute approximate surface area is 188 Å². The number of allylic oxidation sites excluding steroid dienone is 4. The number of ketones is 1. The molecule has 1 atom stereocenters. The average molecular weight is 429 g/mol. The summed E-state index contributed by atoms with van der Waals surface area (Å²) in [7, 11) is 0. The lowest BCUT2D eigenvalue weighted by Crippen LogP contribution is -2.26. The van der Waals surface area contributed by atoms with Gasteiger partial charge in [-0.3, -0.25) is 4.79 Å². The second kappa shape index (κ2) is 8.58. The summed E-state index contributed by atoms with van der Waals surface area (Å²) in [4.78, 5) is 29.5. The number of nitrogens with zero attached hydrogens (tertiary/aromatic N) is 2. The highest BCUT2D eigenvalue weighted by molar-refractivity contribution is 6.14. The number of hydrogen-bond acceptors (Lipinski definition) is 4. The second-order valence-electron chi connectivity index (χ2n) is 8.42. The number of carbonyl (C=O) groups is 2. The average Bonchev–Trinajstić information content (AvgIpc) is 3.11. The largest absolute Gasteiger partial charge is 0.341 e. The molecule has 1 aromatic heterocycles. The van der Waals surface area contributed by atoms with Crippen molar-refractivity contribution in [2.75, 3.05) is 0 Å². The number of aryl methyl sites for hydroxylation is 1. The van der Waals surface area contributed by atoms with E-state index >= 15 is 0 Å². The minimum absolute atomic E-state index is 0.124. The summed E-state index contributed by atoms with van der Waals surface area (Å²) in [6, 6.07) is 12.2. The molecule has 4 rings (SSSR count). The van der Waals surface area contributed by atoms with Crippen molar-refractivity contribution < 1.29 is 14.4 Å². The van der Waals surface area contributed by atoms with Gasteiger partial charge in [-0.15, -0.1) is 0 Å². The van der Waals surface area contributed by atoms with Crippen molar-refractivity contribution in [3.8, 4) is 0 Å². The molecule has 1 aliphatic carbocycles. The van der Waals surface area contributed by atoms with Gasteiger partial charge in [-0.25, -0.2) is 4.79 Å². The molecule has 0 spiro atoms. The van der Waals surface area contributed by atoms with Gasteiger partial charge < -0.3 is 9.40 Å². The summed E-state index contributed by atoms with van der Waals surface area (Å²) in [5, 5.41) is 6.13. The molecular formula is C27H28N2O3. The molecule has 0 N–H and O–H groups in total. The van der Waals surface area contributed by atoms with E-state index in [9.17, 15) is 9.59 Å². The Kier molecular flexibility index (Phi) is 5.83. The molecule has 0 bridgehead atoms. The Morgan fingerprint density at radius 1 is 1.03 bits per heavy atom. The molecule has 1 aliphatic rings. The van der Waals surface area contributed by atoms with Gasteiger partial charge in [0.2, 0.25) is 0 Å². The fraction of sp³-hybridized carbons (Fsp3) is 0.296. The molecule has 32 heavy (non-hydrogen) atoms. The van der Waals surface area contributed by atoms with Crippen molar-refractivity contribution in [1.82, 2.24) is 4.57 Å². The highest BCUT2D eigenvalue weighted by atomic mass is 16.7. The van der Waals surface area contributed by atoms with Crippen LogP contribution in [0.2, 0.25) is 0 Å². The van der Waals surface area contributed by atoms with E-state index in [1.54, 1.807) is 0 Å². The van der Waals surface area contributed by atoms with Gasteiger partial charge in [0, 0.05) is 46.4 Å². The van der Waals surface area contributed by atoms with Crippen LogP contribution in [0.25, 0.3) is 21.8 Å². The van der Waals surface area contributed by atoms with Crippen molar-refractivity contribution in [3.05, 3.63) is 71.8 Å². The predicted octanol–water partition coefficient (Wildman–Crippen LogP) is 6.20. The molecule has 0 saturated carbocycles. The topological polar surface area (TPSA) is 60.7 Å². The number of aromatic nitrogens is 1. The van der Waals surface area contributed by atoms with E-state index in [0.29, 0.717) is 24.1 Å². The Hall–Kier alpha value is -3.47. The first-order valence-corrected chi connectivity index (χ1v) is 11.1. The van der Waals surface area contributed by atoms with Gasteiger partial charge >= 0.3 is 5.97 Å². The van der Waals surface area contributed by atoms with Crippen LogP contribution in [-0.4, -0.2) is 22.0 Å². The maximum absolute atomic E-state index is 13.4. The van der Waals surface area contributed by atoms with Gasteiger partial charge in [0.25, 0.3) is 0 Å². The fourth-order valence-corrected chi connectivity index (χ4v) is 4.43. The third-order valence-corrected chi connectivity index (χ3v) is 6.17. The van der Waals surface area contributed by atoms with Crippen LogP contribution in [0.1, 0.15) is 56.5 Å². The molecule has 0 saturated heterocycles. The maximum Gasteiger partial charge on any atom is 0.331 e. The van der Waals surface area contributed by atoms with Crippen LogP contribution in [0.3, 0.4) is 0 Å². The first kappa shape index (κ1) is 21.8. The van der Waals surface area contributed by atoms with E-state index in [2.05, 4.69) is 28.8 Å². The number of oxime groups is 1. The molecule has 0 radical (unpaired) electrons. The van der Waals surface area contributed by atoms with Gasteiger partial charge in [-0.05, 0) is 57.0 Å². The smallest absolute Gasteiger partial charge is 0.331 e. The summed E-state index contributed by atoms with van der Waals surface area (Å²) >= 11 is 0. The van der Waals surface area contributed by atoms with E-state index in [-0.39, 0.29) is 5.78 Å². The monoisotopic (exact) mass is 428 g/mol. The third-order valence-electron chi connectivity index (χ3n) is 6.17. The Morgan fingerprint density at radius 2 is 1.69 bits per heavy atom. The first-order valence-electron chi connectivity index (χ1n) is 11.1. The zero-order valence-electron chi connectivity index (χ0n) is 19.0. The second-order valence-corrected chi connectivity index (χ2v) is 8.42. The quantitative estimate of drug-likeness (QED) is 0.203. The first-order chi connectivity index (χ1) is 15.4. The van der Waals surface area contributed by atoms with E-state index in [4.69, 9.17) is 4.84 Å². The normalized spacial score (nSPS) is 18.4. The summed E-state index contributed by atoms with van der Waals surface area (Å²) in [5.41, 5.74) is 3.99. The summed E-state index contributed by atoms with van der Waals surface area (Å²) in [6.45, 7) is 8.24. The van der Waals surface area contributed by atoms with Crippen LogP contribution in [0, 0.1) is 5.41 Å². The van der Waals surface area contributed by atoms with Gasteiger partial charge in [0.15, 0.2) is 5.78 Å². The van der Waals surface area contributed by atoms with Crippen molar-refractivity contribution in [3.63, 3.8) is 0 Å². The molecule has 2 aromatic carbocycles. The van der Waals surface area contributed by atoms with Crippen LogP contribution < -0.4 is 0 Å². The highest BCUT2D eigenvalue weighted by Crippen LogP contribution is 2.35. The van der Waals surface area contributed by atoms with Crippen molar-refractivity contribution in [1.29, 1.82) is 0 Å². The van der Waals surface area contributed by atoms with Crippen LogP contribution in [0.15, 0.2) is 65.9 Å². The van der Waals surface area contributed by atoms with Gasteiger partial charge in [-0.1, -0.05) is 42.4 Å². The molecule has 1 heterocycles. The number of fused-ring (bicyclic) bond motifs is 3. The summed E-state index contributed by atoms with van der Waals surface area (Å²) in [5.74, 6) is -0.318.